The normalized spacial score (nSPS) is 25.7. The van der Waals surface area contributed by atoms with Crippen LogP contribution in [0.2, 0.25) is 18.1 Å². The van der Waals surface area contributed by atoms with Gasteiger partial charge >= 0.3 is 6.09 Å². The molecule has 7 nitrogen and oxygen atoms in total. The van der Waals surface area contributed by atoms with Crippen LogP contribution >= 0.6 is 11.8 Å². The molecule has 0 aliphatic carbocycles. The summed E-state index contributed by atoms with van der Waals surface area (Å²) in [5.74, 6) is -0.105. The lowest BCUT2D eigenvalue weighted by molar-refractivity contribution is -0.125. The number of hydrogen-bond acceptors (Lipinski definition) is 5. The molecule has 2 saturated heterocycles. The van der Waals surface area contributed by atoms with E-state index in [-0.39, 0.29) is 41.1 Å². The minimum Gasteiger partial charge on any atom is -0.465 e. The van der Waals surface area contributed by atoms with E-state index in [0.717, 1.165) is 11.8 Å². The first-order valence-corrected chi connectivity index (χ1v) is 12.0. The molecule has 24 heavy (non-hydrogen) atoms. The number of hydrogen-bond donors (Lipinski definition) is 1. The molecule has 2 heterocycles. The number of amides is 3. The van der Waals surface area contributed by atoms with Crippen LogP contribution in [0, 0.1) is 0 Å². The average molecular weight is 375 g/mol. The van der Waals surface area contributed by atoms with Crippen LogP contribution in [0.25, 0.3) is 0 Å². The minimum atomic E-state index is -2.01. The maximum Gasteiger partial charge on any atom is 0.407 e. The van der Waals surface area contributed by atoms with Gasteiger partial charge in [-0.15, -0.1) is 0 Å². The Bertz CT molecular complexity index is 532. The largest absolute Gasteiger partial charge is 0.465 e. The standard InChI is InChI=1S/C15H26N2O5SSi/c1-15(2,3)24(4,5)22-11-6-10(16(8-11)13(19)20)7-17-12(18)9-23-14(17)21/h10-11H,6-9H2,1-5H3,(H,19,20)/t10-,11+/m0/s1. The van der Waals surface area contributed by atoms with E-state index in [1.54, 1.807) is 0 Å². The summed E-state index contributed by atoms with van der Waals surface area (Å²) in [4.78, 5) is 37.6. The Kier molecular flexibility index (Phi) is 5.36. The number of carboxylic acid groups (broad SMARTS) is 1. The summed E-state index contributed by atoms with van der Waals surface area (Å²) in [7, 11) is -2.01. The lowest BCUT2D eigenvalue weighted by Crippen LogP contribution is -2.45. The third-order valence-electron chi connectivity index (χ3n) is 5.12. The van der Waals surface area contributed by atoms with Gasteiger partial charge in [0.15, 0.2) is 8.32 Å². The summed E-state index contributed by atoms with van der Waals surface area (Å²) in [6.07, 6.45) is -0.707. The van der Waals surface area contributed by atoms with E-state index in [9.17, 15) is 19.5 Å². The summed E-state index contributed by atoms with van der Waals surface area (Å²) < 4.78 is 6.33. The summed E-state index contributed by atoms with van der Waals surface area (Å²) in [6.45, 7) is 11.1. The molecule has 0 aromatic carbocycles. The molecule has 136 valence electrons. The molecule has 0 radical (unpaired) electrons. The van der Waals surface area contributed by atoms with E-state index in [1.807, 2.05) is 0 Å². The Balaban J connectivity index is 2.08. The minimum absolute atomic E-state index is 0.0384. The molecular weight excluding hydrogens is 348 g/mol. The predicted molar refractivity (Wildman–Crippen MR) is 94.8 cm³/mol. The third-order valence-corrected chi connectivity index (χ3v) is 10.5. The van der Waals surface area contributed by atoms with Crippen molar-refractivity contribution in [2.24, 2.45) is 0 Å². The van der Waals surface area contributed by atoms with Gasteiger partial charge in [-0.3, -0.25) is 14.5 Å². The van der Waals surface area contributed by atoms with Gasteiger partial charge in [-0.2, -0.15) is 0 Å². The number of thioether (sulfide) groups is 1. The molecule has 3 amide bonds. The lowest BCUT2D eigenvalue weighted by atomic mass is 10.2. The summed E-state index contributed by atoms with van der Waals surface area (Å²) in [6, 6.07) is -0.399. The maximum atomic E-state index is 11.8. The molecule has 2 aliphatic rings. The molecule has 0 aromatic rings. The highest BCUT2D eigenvalue weighted by Crippen LogP contribution is 2.39. The SMILES string of the molecule is CC(C)(C)[Si](C)(C)O[C@@H]1C[C@@H](CN2C(=O)CSC2=O)N(C(=O)O)C1. The first kappa shape index (κ1) is 19.3. The number of imide groups is 1. The van der Waals surface area contributed by atoms with E-state index in [2.05, 4.69) is 33.9 Å². The number of carbonyl (C=O) groups excluding carboxylic acids is 2. The Morgan fingerprint density at radius 3 is 2.46 bits per heavy atom. The molecular formula is C15H26N2O5SSi. The van der Waals surface area contributed by atoms with Crippen molar-refractivity contribution in [2.45, 2.75) is 57.5 Å². The highest BCUT2D eigenvalue weighted by Gasteiger charge is 2.45. The van der Waals surface area contributed by atoms with E-state index in [0.29, 0.717) is 6.42 Å². The highest BCUT2D eigenvalue weighted by molar-refractivity contribution is 8.14. The number of rotatable bonds is 4. The van der Waals surface area contributed by atoms with Crippen LogP contribution in [0.3, 0.4) is 0 Å². The fourth-order valence-electron chi connectivity index (χ4n) is 2.73. The van der Waals surface area contributed by atoms with Crippen LogP contribution in [-0.4, -0.2) is 71.5 Å². The van der Waals surface area contributed by atoms with Crippen LogP contribution in [0.4, 0.5) is 9.59 Å². The van der Waals surface area contributed by atoms with Gasteiger partial charge in [-0.05, 0) is 24.6 Å². The zero-order valence-corrected chi connectivity index (χ0v) is 16.7. The average Bonchev–Trinajstić information content (AvgIpc) is 2.95. The number of carbonyl (C=O) groups is 3. The van der Waals surface area contributed by atoms with Gasteiger partial charge in [0.25, 0.3) is 5.24 Å². The number of nitrogens with zero attached hydrogens (tertiary/aromatic N) is 2. The van der Waals surface area contributed by atoms with Crippen LogP contribution < -0.4 is 0 Å². The van der Waals surface area contributed by atoms with Crippen molar-refractivity contribution in [1.29, 1.82) is 0 Å². The lowest BCUT2D eigenvalue weighted by Gasteiger charge is -2.38. The fraction of sp³-hybridized carbons (Fsp3) is 0.800. The van der Waals surface area contributed by atoms with Gasteiger partial charge in [0, 0.05) is 6.54 Å². The van der Waals surface area contributed by atoms with Crippen LogP contribution in [0.5, 0.6) is 0 Å². The van der Waals surface area contributed by atoms with Crippen molar-refractivity contribution < 1.29 is 23.9 Å². The fourth-order valence-corrected chi connectivity index (χ4v) is 4.82. The zero-order chi connectivity index (χ0) is 18.3. The van der Waals surface area contributed by atoms with Crippen molar-refractivity contribution >= 4 is 37.3 Å². The van der Waals surface area contributed by atoms with Crippen molar-refractivity contribution in [2.75, 3.05) is 18.8 Å². The molecule has 1 N–H and O–H groups in total. The molecule has 2 rings (SSSR count). The summed E-state index contributed by atoms with van der Waals surface area (Å²) >= 11 is 0.968. The van der Waals surface area contributed by atoms with Crippen molar-refractivity contribution in [3.05, 3.63) is 0 Å². The molecule has 2 atom stereocenters. The maximum absolute atomic E-state index is 11.8. The molecule has 9 heteroatoms. The van der Waals surface area contributed by atoms with Crippen LogP contribution in [0.15, 0.2) is 0 Å². The van der Waals surface area contributed by atoms with Crippen molar-refractivity contribution in [3.8, 4) is 0 Å². The van der Waals surface area contributed by atoms with Gasteiger partial charge in [-0.25, -0.2) is 4.79 Å². The Labute approximate surface area is 147 Å². The van der Waals surface area contributed by atoms with E-state index in [1.165, 1.54) is 9.80 Å². The van der Waals surface area contributed by atoms with Gasteiger partial charge in [0.05, 0.1) is 24.4 Å². The smallest absolute Gasteiger partial charge is 0.407 e. The van der Waals surface area contributed by atoms with E-state index < -0.39 is 20.5 Å². The molecule has 0 bridgehead atoms. The van der Waals surface area contributed by atoms with Gasteiger partial charge in [-0.1, -0.05) is 32.5 Å². The van der Waals surface area contributed by atoms with Crippen molar-refractivity contribution in [3.63, 3.8) is 0 Å². The topological polar surface area (TPSA) is 87.2 Å². The molecule has 0 spiro atoms. The second-order valence-corrected chi connectivity index (χ2v) is 13.6. The molecule has 0 saturated carbocycles. The summed E-state index contributed by atoms with van der Waals surface area (Å²) in [5, 5.41) is 9.20. The quantitative estimate of drug-likeness (QED) is 0.762. The van der Waals surface area contributed by atoms with E-state index >= 15 is 0 Å². The van der Waals surface area contributed by atoms with Crippen LogP contribution in [-0.2, 0) is 9.22 Å². The second kappa shape index (κ2) is 6.68. The highest BCUT2D eigenvalue weighted by atomic mass is 32.2. The Hall–Kier alpha value is -1.06. The molecule has 2 aliphatic heterocycles. The predicted octanol–water partition coefficient (Wildman–Crippen LogP) is 2.82. The molecule has 0 unspecified atom stereocenters. The van der Waals surface area contributed by atoms with Gasteiger partial charge in [0.2, 0.25) is 5.91 Å². The van der Waals surface area contributed by atoms with Gasteiger partial charge < -0.3 is 14.4 Å². The summed E-state index contributed by atoms with van der Waals surface area (Å²) in [5.41, 5.74) is 0. The third kappa shape index (κ3) is 3.94. The Morgan fingerprint density at radius 2 is 2.00 bits per heavy atom. The molecule has 2 fully saturated rings. The molecule has 0 aromatic heterocycles. The van der Waals surface area contributed by atoms with Gasteiger partial charge in [0.1, 0.15) is 0 Å². The first-order valence-electron chi connectivity index (χ1n) is 8.07. The van der Waals surface area contributed by atoms with E-state index in [4.69, 9.17) is 4.43 Å². The Morgan fingerprint density at radius 1 is 1.38 bits per heavy atom. The monoisotopic (exact) mass is 374 g/mol. The van der Waals surface area contributed by atoms with Crippen molar-refractivity contribution in [1.82, 2.24) is 9.80 Å². The number of likely N-dealkylation sites (tertiary alicyclic amines) is 1. The van der Waals surface area contributed by atoms with Crippen LogP contribution in [0.1, 0.15) is 27.2 Å². The zero-order valence-electron chi connectivity index (χ0n) is 14.9. The second-order valence-electron chi connectivity index (χ2n) is 7.88. The first-order chi connectivity index (χ1) is 10.9.